The number of nitrogens with zero attached hydrogens (tertiary/aromatic N) is 2. The fourth-order valence-corrected chi connectivity index (χ4v) is 7.28. The summed E-state index contributed by atoms with van der Waals surface area (Å²) in [6, 6.07) is 12.7. The van der Waals surface area contributed by atoms with Crippen LogP contribution < -0.4 is 4.90 Å². The van der Waals surface area contributed by atoms with Gasteiger partial charge in [-0.15, -0.1) is 6.58 Å². The smallest absolute Gasteiger partial charge is 0.312 e. The van der Waals surface area contributed by atoms with Crippen molar-refractivity contribution in [1.82, 2.24) is 4.90 Å². The van der Waals surface area contributed by atoms with Gasteiger partial charge in [-0.3, -0.25) is 14.4 Å². The number of halogens is 1. The van der Waals surface area contributed by atoms with E-state index in [1.807, 2.05) is 42.5 Å². The molecule has 1 N–H and O–H groups in total. The molecule has 9 heteroatoms. The van der Waals surface area contributed by atoms with Crippen molar-refractivity contribution < 1.29 is 29.0 Å². The summed E-state index contributed by atoms with van der Waals surface area (Å²) in [5.41, 5.74) is -0.487. The Labute approximate surface area is 224 Å². The number of rotatable bonds is 9. The lowest BCUT2D eigenvalue weighted by Crippen LogP contribution is -2.57. The summed E-state index contributed by atoms with van der Waals surface area (Å²) in [7, 11) is 0. The van der Waals surface area contributed by atoms with Crippen molar-refractivity contribution >= 4 is 50.2 Å². The molecule has 3 unspecified atom stereocenters. The third-order valence-corrected chi connectivity index (χ3v) is 8.61. The minimum absolute atomic E-state index is 0.130. The van der Waals surface area contributed by atoms with Crippen LogP contribution in [0.5, 0.6) is 0 Å². The SMILES string of the molecule is C=CCN(C(=O)C1N(CCCO)C(=O)[C@@H]2[C@H](C(=O)OCC)[C@H]3OC12CC3Br)c1ccc2ccccc2c1. The molecule has 37 heavy (non-hydrogen) atoms. The number of aliphatic hydroxyl groups excluding tert-OH is 1. The lowest BCUT2D eigenvalue weighted by atomic mass is 9.70. The van der Waals surface area contributed by atoms with E-state index in [0.29, 0.717) is 18.5 Å². The molecule has 3 aliphatic heterocycles. The zero-order valence-corrected chi connectivity index (χ0v) is 22.3. The Bertz CT molecular complexity index is 1240. The molecule has 1 spiro atoms. The average Bonchev–Trinajstić information content (AvgIpc) is 3.48. The number of hydrogen-bond acceptors (Lipinski definition) is 6. The summed E-state index contributed by atoms with van der Waals surface area (Å²) in [5.74, 6) is -2.70. The van der Waals surface area contributed by atoms with E-state index in [4.69, 9.17) is 9.47 Å². The fourth-order valence-electron chi connectivity index (χ4n) is 6.34. The summed E-state index contributed by atoms with van der Waals surface area (Å²) in [5, 5.41) is 11.6. The van der Waals surface area contributed by atoms with Crippen molar-refractivity contribution in [2.75, 3.05) is 31.2 Å². The molecular formula is C28H31BrN2O6. The Morgan fingerprint density at radius 1 is 1.30 bits per heavy atom. The van der Waals surface area contributed by atoms with Gasteiger partial charge in [-0.1, -0.05) is 52.3 Å². The van der Waals surface area contributed by atoms with Crippen LogP contribution in [0.3, 0.4) is 0 Å². The normalized spacial score (nSPS) is 30.0. The molecule has 2 bridgehead atoms. The summed E-state index contributed by atoms with van der Waals surface area (Å²) in [4.78, 5) is 44.2. The Morgan fingerprint density at radius 2 is 2.05 bits per heavy atom. The summed E-state index contributed by atoms with van der Waals surface area (Å²) >= 11 is 3.65. The van der Waals surface area contributed by atoms with Crippen molar-refractivity contribution in [3.8, 4) is 0 Å². The molecule has 5 rings (SSSR count). The van der Waals surface area contributed by atoms with Gasteiger partial charge in [0.1, 0.15) is 11.6 Å². The highest BCUT2D eigenvalue weighted by Gasteiger charge is 2.77. The van der Waals surface area contributed by atoms with Crippen molar-refractivity contribution in [2.24, 2.45) is 11.8 Å². The number of esters is 1. The van der Waals surface area contributed by atoms with Crippen LogP contribution >= 0.6 is 15.9 Å². The maximum Gasteiger partial charge on any atom is 0.312 e. The molecular weight excluding hydrogens is 540 g/mol. The molecule has 3 saturated heterocycles. The van der Waals surface area contributed by atoms with E-state index >= 15 is 0 Å². The second-order valence-electron chi connectivity index (χ2n) is 9.79. The molecule has 2 aromatic carbocycles. The largest absolute Gasteiger partial charge is 0.466 e. The van der Waals surface area contributed by atoms with Gasteiger partial charge in [0.15, 0.2) is 0 Å². The van der Waals surface area contributed by atoms with Crippen LogP contribution in [-0.2, 0) is 23.9 Å². The maximum absolute atomic E-state index is 14.4. The number of anilines is 1. The van der Waals surface area contributed by atoms with Gasteiger partial charge in [0.2, 0.25) is 5.91 Å². The second-order valence-corrected chi connectivity index (χ2v) is 11.0. The molecule has 3 fully saturated rings. The number of benzene rings is 2. The number of carbonyl (C=O) groups is 3. The van der Waals surface area contributed by atoms with Gasteiger partial charge >= 0.3 is 5.97 Å². The first-order chi connectivity index (χ1) is 17.9. The summed E-state index contributed by atoms with van der Waals surface area (Å²) in [6.07, 6.45) is 1.81. The molecule has 6 atom stereocenters. The van der Waals surface area contributed by atoms with Crippen LogP contribution in [0.2, 0.25) is 0 Å². The highest BCUT2D eigenvalue weighted by atomic mass is 79.9. The van der Waals surface area contributed by atoms with Gasteiger partial charge in [-0.05, 0) is 42.7 Å². The Kier molecular flexibility index (Phi) is 7.13. The van der Waals surface area contributed by atoms with Crippen LogP contribution in [0.4, 0.5) is 5.69 Å². The number of fused-ring (bicyclic) bond motifs is 2. The molecule has 3 heterocycles. The molecule has 0 aliphatic carbocycles. The van der Waals surface area contributed by atoms with Crippen molar-refractivity contribution in [1.29, 1.82) is 0 Å². The Hall–Kier alpha value is -2.75. The van der Waals surface area contributed by atoms with Gasteiger partial charge in [0.05, 0.1) is 24.5 Å². The molecule has 2 amide bonds. The van der Waals surface area contributed by atoms with Crippen LogP contribution in [-0.4, -0.2) is 76.7 Å². The number of ether oxygens (including phenoxy) is 2. The van der Waals surface area contributed by atoms with Crippen molar-refractivity contribution in [3.63, 3.8) is 0 Å². The van der Waals surface area contributed by atoms with Crippen molar-refractivity contribution in [3.05, 3.63) is 55.1 Å². The van der Waals surface area contributed by atoms with E-state index in [9.17, 15) is 19.5 Å². The zero-order chi connectivity index (χ0) is 26.3. The second kappa shape index (κ2) is 10.2. The minimum Gasteiger partial charge on any atom is -0.466 e. The van der Waals surface area contributed by atoms with E-state index in [1.165, 1.54) is 4.90 Å². The number of hydrogen-bond donors (Lipinski definition) is 1. The van der Waals surface area contributed by atoms with Crippen LogP contribution in [0.25, 0.3) is 10.8 Å². The van der Waals surface area contributed by atoms with E-state index in [2.05, 4.69) is 22.5 Å². The predicted octanol–water partition coefficient (Wildman–Crippen LogP) is 3.05. The summed E-state index contributed by atoms with van der Waals surface area (Å²) in [6.45, 7) is 6.05. The summed E-state index contributed by atoms with van der Waals surface area (Å²) < 4.78 is 11.8. The standard InChI is InChI=1S/C28H31BrN2O6/c1-3-12-30(19-11-10-17-8-5-6-9-18(17)15-19)26(34)24-28-16-20(29)23(37-28)21(27(35)36-4-2)22(28)25(33)31(24)13-7-14-32/h3,5-6,8-11,15,20-24,32H,1,4,7,12-14,16H2,2H3/t20?,21-,22-,23-,24?,28?/m0/s1. The third kappa shape index (κ3) is 4.08. The number of likely N-dealkylation sites (tertiary alicyclic amines) is 1. The first-order valence-corrected chi connectivity index (χ1v) is 13.6. The van der Waals surface area contributed by atoms with Crippen LogP contribution in [0.15, 0.2) is 55.1 Å². The van der Waals surface area contributed by atoms with Crippen molar-refractivity contribution in [2.45, 2.75) is 42.3 Å². The molecule has 2 aromatic rings. The molecule has 0 radical (unpaired) electrons. The van der Waals surface area contributed by atoms with Gasteiger partial charge in [0, 0.05) is 30.2 Å². The molecule has 8 nitrogen and oxygen atoms in total. The Balaban J connectivity index is 1.58. The monoisotopic (exact) mass is 570 g/mol. The maximum atomic E-state index is 14.4. The first-order valence-electron chi connectivity index (χ1n) is 12.7. The predicted molar refractivity (Wildman–Crippen MR) is 142 cm³/mol. The highest BCUT2D eigenvalue weighted by molar-refractivity contribution is 9.09. The van der Waals surface area contributed by atoms with Gasteiger partial charge in [-0.25, -0.2) is 0 Å². The Morgan fingerprint density at radius 3 is 2.76 bits per heavy atom. The fraction of sp³-hybridized carbons (Fsp3) is 0.464. The van der Waals surface area contributed by atoms with E-state index in [0.717, 1.165) is 10.8 Å². The zero-order valence-electron chi connectivity index (χ0n) is 20.7. The van der Waals surface area contributed by atoms with E-state index in [-0.39, 0.29) is 42.9 Å². The number of aliphatic hydroxyl groups is 1. The average molecular weight is 571 g/mol. The van der Waals surface area contributed by atoms with E-state index < -0.39 is 35.6 Å². The molecule has 3 aliphatic rings. The minimum atomic E-state index is -1.17. The third-order valence-electron chi connectivity index (χ3n) is 7.76. The topological polar surface area (TPSA) is 96.4 Å². The molecule has 196 valence electrons. The molecule has 0 aromatic heterocycles. The van der Waals surface area contributed by atoms with Crippen LogP contribution in [0, 0.1) is 11.8 Å². The molecule has 0 saturated carbocycles. The van der Waals surface area contributed by atoms with E-state index in [1.54, 1.807) is 17.9 Å². The number of carbonyl (C=O) groups excluding carboxylic acids is 3. The lowest BCUT2D eigenvalue weighted by Gasteiger charge is -2.37. The number of alkyl halides is 1. The lowest BCUT2D eigenvalue weighted by molar-refractivity contribution is -0.154. The van der Waals surface area contributed by atoms with Crippen LogP contribution in [0.1, 0.15) is 19.8 Å². The van der Waals surface area contributed by atoms with Gasteiger partial charge in [-0.2, -0.15) is 0 Å². The number of amides is 2. The quantitative estimate of drug-likeness (QED) is 0.283. The first kappa shape index (κ1) is 25.9. The highest BCUT2D eigenvalue weighted by Crippen LogP contribution is 2.60. The van der Waals surface area contributed by atoms with Gasteiger partial charge in [0.25, 0.3) is 5.91 Å². The van der Waals surface area contributed by atoms with Gasteiger partial charge < -0.3 is 24.4 Å².